The van der Waals surface area contributed by atoms with Crippen LogP contribution in [0.4, 0.5) is 15.2 Å². The maximum Gasteiger partial charge on any atom is 0.255 e. The summed E-state index contributed by atoms with van der Waals surface area (Å²) in [7, 11) is 0. The zero-order chi connectivity index (χ0) is 24.9. The molecule has 2 amide bonds. The van der Waals surface area contributed by atoms with Gasteiger partial charge in [0.2, 0.25) is 5.91 Å². The highest BCUT2D eigenvalue weighted by Gasteiger charge is 2.17. The maximum atomic E-state index is 13.1. The van der Waals surface area contributed by atoms with Crippen molar-refractivity contribution in [3.63, 3.8) is 0 Å². The Bertz CT molecular complexity index is 1380. The molecule has 1 atom stereocenters. The normalized spacial score (nSPS) is 11.7. The van der Waals surface area contributed by atoms with E-state index in [2.05, 4.69) is 15.6 Å². The van der Waals surface area contributed by atoms with E-state index in [9.17, 15) is 14.0 Å². The molecule has 0 radical (unpaired) electrons. The van der Waals surface area contributed by atoms with Crippen LogP contribution in [0.3, 0.4) is 0 Å². The third kappa shape index (κ3) is 6.61. The number of thioether (sulfide) groups is 1. The Kier molecular flexibility index (Phi) is 8.07. The number of halogens is 3. The Hall–Kier alpha value is -2.91. The average Bonchev–Trinajstić information content (AvgIpc) is 3.27. The van der Waals surface area contributed by atoms with E-state index in [0.717, 1.165) is 10.5 Å². The quantitative estimate of drug-likeness (QED) is 0.234. The summed E-state index contributed by atoms with van der Waals surface area (Å²) in [5, 5.41) is 8.49. The lowest BCUT2D eigenvalue weighted by molar-refractivity contribution is -0.115. The summed E-state index contributed by atoms with van der Waals surface area (Å²) in [6.45, 7) is 1.79. The number of thiazole rings is 1. The number of aromatic nitrogens is 1. The van der Waals surface area contributed by atoms with Crippen LogP contribution >= 0.6 is 46.3 Å². The number of nitrogens with zero attached hydrogens (tertiary/aromatic N) is 1. The third-order valence-electron chi connectivity index (χ3n) is 4.82. The average molecular weight is 546 g/mol. The lowest BCUT2D eigenvalue weighted by Gasteiger charge is -2.12. The fraction of sp³-hybridized carbons (Fsp3) is 0.0800. The van der Waals surface area contributed by atoms with Crippen molar-refractivity contribution >= 4 is 68.9 Å². The van der Waals surface area contributed by atoms with Gasteiger partial charge in [0, 0.05) is 32.1 Å². The fourth-order valence-electron chi connectivity index (χ4n) is 3.07. The molecule has 0 spiro atoms. The molecule has 1 unspecified atom stereocenters. The molecule has 4 rings (SSSR count). The van der Waals surface area contributed by atoms with Crippen molar-refractivity contribution in [1.29, 1.82) is 0 Å². The Morgan fingerprint density at radius 2 is 1.80 bits per heavy atom. The van der Waals surface area contributed by atoms with E-state index in [1.807, 2.05) is 11.4 Å². The van der Waals surface area contributed by atoms with Crippen LogP contribution in [0, 0.1) is 5.82 Å². The summed E-state index contributed by atoms with van der Waals surface area (Å²) < 4.78 is 13.1. The molecule has 4 aromatic rings. The van der Waals surface area contributed by atoms with Gasteiger partial charge in [-0.1, -0.05) is 29.3 Å². The number of nitrogens with one attached hydrogen (secondary N) is 2. The molecule has 0 saturated heterocycles. The van der Waals surface area contributed by atoms with Crippen LogP contribution in [0.2, 0.25) is 10.0 Å². The fourth-order valence-corrected chi connectivity index (χ4v) is 5.21. The molecule has 1 heterocycles. The van der Waals surface area contributed by atoms with Crippen molar-refractivity contribution in [2.75, 3.05) is 10.6 Å². The Morgan fingerprint density at radius 3 is 2.54 bits per heavy atom. The van der Waals surface area contributed by atoms with Gasteiger partial charge in [-0.2, -0.15) is 0 Å². The number of amides is 2. The topological polar surface area (TPSA) is 71.1 Å². The van der Waals surface area contributed by atoms with E-state index < -0.39 is 11.1 Å². The zero-order valence-electron chi connectivity index (χ0n) is 18.2. The van der Waals surface area contributed by atoms with Gasteiger partial charge in [-0.25, -0.2) is 9.37 Å². The molecule has 3 aromatic carbocycles. The minimum absolute atomic E-state index is 0.209. The molecule has 0 saturated carbocycles. The predicted molar refractivity (Wildman–Crippen MR) is 142 cm³/mol. The van der Waals surface area contributed by atoms with Crippen molar-refractivity contribution in [2.24, 2.45) is 0 Å². The number of carbonyl (C=O) groups is 2. The summed E-state index contributed by atoms with van der Waals surface area (Å²) in [5.74, 6) is -0.966. The van der Waals surface area contributed by atoms with E-state index >= 15 is 0 Å². The van der Waals surface area contributed by atoms with Crippen molar-refractivity contribution in [3.05, 3.63) is 93.5 Å². The van der Waals surface area contributed by atoms with Crippen LogP contribution in [0.5, 0.6) is 0 Å². The summed E-state index contributed by atoms with van der Waals surface area (Å²) >= 11 is 14.9. The number of carbonyl (C=O) groups excluding carboxylic acids is 2. The van der Waals surface area contributed by atoms with Gasteiger partial charge in [-0.15, -0.1) is 23.1 Å². The SMILES string of the molecule is CC(Sc1cccc(NC(=O)c2ccc(F)cc2)c1)C(=O)Nc1nc(-c2ccc(Cl)cc2Cl)cs1. The van der Waals surface area contributed by atoms with Crippen LogP contribution in [0.1, 0.15) is 17.3 Å². The first-order valence-electron chi connectivity index (χ1n) is 10.3. The lowest BCUT2D eigenvalue weighted by atomic mass is 10.2. The molecular formula is C25H18Cl2FN3O2S2. The largest absolute Gasteiger partial charge is 0.322 e. The van der Waals surface area contributed by atoms with Gasteiger partial charge in [0.1, 0.15) is 5.82 Å². The first-order valence-corrected chi connectivity index (χ1v) is 12.9. The van der Waals surface area contributed by atoms with Crippen molar-refractivity contribution in [1.82, 2.24) is 4.98 Å². The number of anilines is 2. The van der Waals surface area contributed by atoms with E-state index in [0.29, 0.717) is 32.1 Å². The second kappa shape index (κ2) is 11.2. The maximum absolute atomic E-state index is 13.1. The van der Waals surface area contributed by atoms with E-state index in [1.54, 1.807) is 43.3 Å². The second-order valence-electron chi connectivity index (χ2n) is 7.40. The summed E-state index contributed by atoms with van der Waals surface area (Å²) in [6, 6.07) is 17.6. The highest BCUT2D eigenvalue weighted by Crippen LogP contribution is 2.33. The predicted octanol–water partition coefficient (Wildman–Crippen LogP) is 7.63. The molecule has 0 fully saturated rings. The molecule has 2 N–H and O–H groups in total. The van der Waals surface area contributed by atoms with Gasteiger partial charge in [0.05, 0.1) is 16.0 Å². The van der Waals surface area contributed by atoms with E-state index in [-0.39, 0.29) is 11.8 Å². The number of hydrogen-bond acceptors (Lipinski definition) is 5. The van der Waals surface area contributed by atoms with Crippen molar-refractivity contribution in [2.45, 2.75) is 17.1 Å². The number of rotatable bonds is 7. The molecule has 0 bridgehead atoms. The summed E-state index contributed by atoms with van der Waals surface area (Å²) in [6.07, 6.45) is 0. The van der Waals surface area contributed by atoms with Crippen LogP contribution in [-0.2, 0) is 4.79 Å². The minimum Gasteiger partial charge on any atom is -0.322 e. The second-order valence-corrected chi connectivity index (χ2v) is 10.5. The van der Waals surface area contributed by atoms with Gasteiger partial charge in [-0.05, 0) is 67.6 Å². The molecule has 0 aliphatic heterocycles. The van der Waals surface area contributed by atoms with Crippen molar-refractivity contribution in [3.8, 4) is 11.3 Å². The minimum atomic E-state index is -0.426. The van der Waals surface area contributed by atoms with Gasteiger partial charge >= 0.3 is 0 Å². The highest BCUT2D eigenvalue weighted by atomic mass is 35.5. The van der Waals surface area contributed by atoms with Crippen LogP contribution < -0.4 is 10.6 Å². The van der Waals surface area contributed by atoms with Crippen molar-refractivity contribution < 1.29 is 14.0 Å². The number of benzene rings is 3. The molecule has 5 nitrogen and oxygen atoms in total. The summed E-state index contributed by atoms with van der Waals surface area (Å²) in [5.41, 5.74) is 2.30. The van der Waals surface area contributed by atoms with E-state index in [4.69, 9.17) is 23.2 Å². The molecule has 178 valence electrons. The molecule has 0 aliphatic carbocycles. The van der Waals surface area contributed by atoms with Crippen LogP contribution in [0.15, 0.2) is 77.0 Å². The molecule has 35 heavy (non-hydrogen) atoms. The van der Waals surface area contributed by atoms with Gasteiger partial charge in [-0.3, -0.25) is 9.59 Å². The van der Waals surface area contributed by atoms with Gasteiger partial charge in [0.15, 0.2) is 5.13 Å². The lowest BCUT2D eigenvalue weighted by Crippen LogP contribution is -2.22. The Balaban J connectivity index is 1.37. The molecular weight excluding hydrogens is 528 g/mol. The van der Waals surface area contributed by atoms with Gasteiger partial charge < -0.3 is 10.6 Å². The Labute approximate surface area is 219 Å². The molecule has 0 aliphatic rings. The summed E-state index contributed by atoms with van der Waals surface area (Å²) in [4.78, 5) is 30.4. The Morgan fingerprint density at radius 1 is 1.03 bits per heavy atom. The molecule has 10 heteroatoms. The molecule has 1 aromatic heterocycles. The number of hydrogen-bond donors (Lipinski definition) is 2. The van der Waals surface area contributed by atoms with E-state index in [1.165, 1.54) is 47.4 Å². The first kappa shape index (κ1) is 25.2. The van der Waals surface area contributed by atoms with Crippen LogP contribution in [0.25, 0.3) is 11.3 Å². The van der Waals surface area contributed by atoms with Gasteiger partial charge in [0.25, 0.3) is 5.91 Å². The zero-order valence-corrected chi connectivity index (χ0v) is 21.4. The smallest absolute Gasteiger partial charge is 0.255 e. The standard InChI is InChI=1S/C25H18Cl2FN3O2S2/c1-14(23(32)31-25-30-22(13-34-25)20-10-7-16(26)11-21(20)27)35-19-4-2-3-18(12-19)29-24(33)15-5-8-17(28)9-6-15/h2-14H,1H3,(H,29,33)(H,30,31,32). The van der Waals surface area contributed by atoms with Crippen LogP contribution in [-0.4, -0.2) is 22.0 Å². The highest BCUT2D eigenvalue weighted by molar-refractivity contribution is 8.00. The first-order chi connectivity index (χ1) is 16.8. The monoisotopic (exact) mass is 545 g/mol. The third-order valence-corrected chi connectivity index (χ3v) is 7.22.